The summed E-state index contributed by atoms with van der Waals surface area (Å²) in [7, 11) is 0. The van der Waals surface area contributed by atoms with Gasteiger partial charge in [0, 0.05) is 19.3 Å². The van der Waals surface area contributed by atoms with Crippen LogP contribution >= 0.6 is 0 Å². The lowest BCUT2D eigenvalue weighted by molar-refractivity contribution is -0.167. The molecule has 6 heteroatoms. The summed E-state index contributed by atoms with van der Waals surface area (Å²) in [5.74, 6) is -0.875. The minimum Gasteiger partial charge on any atom is -0.462 e. The van der Waals surface area contributed by atoms with Crippen molar-refractivity contribution in [2.75, 3.05) is 13.2 Å². The third-order valence-electron chi connectivity index (χ3n) is 10.5. The number of allylic oxidation sites excluding steroid dienone is 4. The highest BCUT2D eigenvalue weighted by molar-refractivity contribution is 5.71. The summed E-state index contributed by atoms with van der Waals surface area (Å²) in [5, 5.41) is 0. The van der Waals surface area contributed by atoms with Gasteiger partial charge in [-0.1, -0.05) is 206 Å². The number of esters is 3. The number of ether oxygens (including phenoxy) is 3. The number of hydrogen-bond acceptors (Lipinski definition) is 6. The Balaban J connectivity index is 4.27. The van der Waals surface area contributed by atoms with E-state index in [0.29, 0.717) is 19.3 Å². The van der Waals surface area contributed by atoms with Crippen molar-refractivity contribution in [1.29, 1.82) is 0 Å². The van der Waals surface area contributed by atoms with E-state index in [1.807, 2.05) is 0 Å². The predicted molar refractivity (Wildman–Crippen MR) is 233 cm³/mol. The summed E-state index contributed by atoms with van der Waals surface area (Å²) in [6.07, 6.45) is 48.7. The summed E-state index contributed by atoms with van der Waals surface area (Å²) >= 11 is 0. The molecule has 1 atom stereocenters. The van der Waals surface area contributed by atoms with Crippen molar-refractivity contribution in [1.82, 2.24) is 0 Å². The van der Waals surface area contributed by atoms with E-state index in [-0.39, 0.29) is 31.1 Å². The van der Waals surface area contributed by atoms with Crippen LogP contribution in [0.4, 0.5) is 0 Å². The molecule has 0 saturated carbocycles. The fraction of sp³-hybridized carbons (Fsp3) is 0.857. The van der Waals surface area contributed by atoms with Crippen molar-refractivity contribution in [3.05, 3.63) is 24.3 Å². The average molecular weight is 775 g/mol. The molecule has 0 heterocycles. The van der Waals surface area contributed by atoms with Gasteiger partial charge in [0.25, 0.3) is 0 Å². The Bertz CT molecular complexity index is 896. The number of rotatable bonds is 43. The summed E-state index contributed by atoms with van der Waals surface area (Å²) in [4.78, 5) is 37.7. The van der Waals surface area contributed by atoms with E-state index in [9.17, 15) is 14.4 Å². The number of unbranched alkanes of at least 4 members (excludes halogenated alkanes) is 28. The first kappa shape index (κ1) is 52.9. The highest BCUT2D eigenvalue weighted by Crippen LogP contribution is 2.15. The topological polar surface area (TPSA) is 78.9 Å². The minimum absolute atomic E-state index is 0.0701. The van der Waals surface area contributed by atoms with Crippen LogP contribution in [0.5, 0.6) is 0 Å². The quantitative estimate of drug-likeness (QED) is 0.0266. The fourth-order valence-corrected chi connectivity index (χ4v) is 6.82. The van der Waals surface area contributed by atoms with E-state index < -0.39 is 6.10 Å². The van der Waals surface area contributed by atoms with Gasteiger partial charge in [0.2, 0.25) is 0 Å². The zero-order chi connectivity index (χ0) is 40.1. The number of carbonyl (C=O) groups excluding carboxylic acids is 3. The number of hydrogen-bond donors (Lipinski definition) is 0. The second kappa shape index (κ2) is 44.6. The molecule has 6 nitrogen and oxygen atoms in total. The molecule has 0 aromatic rings. The van der Waals surface area contributed by atoms with Crippen molar-refractivity contribution in [2.24, 2.45) is 0 Å². The molecule has 0 radical (unpaired) electrons. The van der Waals surface area contributed by atoms with Crippen LogP contribution in [0.3, 0.4) is 0 Å². The van der Waals surface area contributed by atoms with Gasteiger partial charge in [-0.25, -0.2) is 0 Å². The van der Waals surface area contributed by atoms with Crippen LogP contribution in [-0.2, 0) is 28.6 Å². The normalized spacial score (nSPS) is 12.1. The predicted octanol–water partition coefficient (Wildman–Crippen LogP) is 15.2. The van der Waals surface area contributed by atoms with Crippen LogP contribution in [0.1, 0.15) is 252 Å². The maximum absolute atomic E-state index is 12.7. The summed E-state index contributed by atoms with van der Waals surface area (Å²) in [6, 6.07) is 0. The molecule has 1 unspecified atom stereocenters. The molecule has 0 aliphatic heterocycles. The Morgan fingerprint density at radius 3 is 1.02 bits per heavy atom. The largest absolute Gasteiger partial charge is 0.462 e. The lowest BCUT2D eigenvalue weighted by Crippen LogP contribution is -2.30. The molecule has 0 amide bonds. The molecule has 0 N–H and O–H groups in total. The van der Waals surface area contributed by atoms with Gasteiger partial charge in [0.15, 0.2) is 6.10 Å². The fourth-order valence-electron chi connectivity index (χ4n) is 6.82. The van der Waals surface area contributed by atoms with Crippen molar-refractivity contribution in [3.8, 4) is 0 Å². The van der Waals surface area contributed by atoms with Crippen molar-refractivity contribution >= 4 is 17.9 Å². The summed E-state index contributed by atoms with van der Waals surface area (Å²) < 4.78 is 16.7. The van der Waals surface area contributed by atoms with E-state index in [1.165, 1.54) is 141 Å². The van der Waals surface area contributed by atoms with Crippen LogP contribution in [-0.4, -0.2) is 37.2 Å². The van der Waals surface area contributed by atoms with E-state index in [4.69, 9.17) is 14.2 Å². The van der Waals surface area contributed by atoms with Crippen molar-refractivity contribution < 1.29 is 28.6 Å². The molecule has 0 spiro atoms. The second-order valence-corrected chi connectivity index (χ2v) is 16.0. The van der Waals surface area contributed by atoms with E-state index in [2.05, 4.69) is 45.1 Å². The maximum atomic E-state index is 12.7. The van der Waals surface area contributed by atoms with Gasteiger partial charge in [-0.15, -0.1) is 0 Å². The Morgan fingerprint density at radius 1 is 0.364 bits per heavy atom. The molecule has 0 aromatic heterocycles. The third-order valence-corrected chi connectivity index (χ3v) is 10.5. The van der Waals surface area contributed by atoms with Crippen LogP contribution < -0.4 is 0 Å². The highest BCUT2D eigenvalue weighted by Gasteiger charge is 2.19. The molecular formula is C49H90O6. The second-order valence-electron chi connectivity index (χ2n) is 16.0. The molecule has 0 bridgehead atoms. The molecule has 55 heavy (non-hydrogen) atoms. The van der Waals surface area contributed by atoms with Crippen LogP contribution in [0.15, 0.2) is 24.3 Å². The van der Waals surface area contributed by atoms with E-state index in [0.717, 1.165) is 70.6 Å². The standard InChI is InChI=1S/C49H90O6/c1-4-7-10-13-16-19-21-22-23-24-25-26-27-28-31-33-36-39-42-48(51)54-45-46(44-53-47(50)41-38-35-32-29-18-15-12-9-6-3)55-49(52)43-40-37-34-30-20-17-14-11-8-5-2/h19,21,23-24,46H,4-18,20,22,25-45H2,1-3H3/b21-19-,24-23-. The Hall–Kier alpha value is -2.11. The van der Waals surface area contributed by atoms with Gasteiger partial charge in [0.05, 0.1) is 0 Å². The van der Waals surface area contributed by atoms with Crippen LogP contribution in [0.25, 0.3) is 0 Å². The van der Waals surface area contributed by atoms with Crippen molar-refractivity contribution in [2.45, 2.75) is 258 Å². The lowest BCUT2D eigenvalue weighted by Gasteiger charge is -2.18. The van der Waals surface area contributed by atoms with Gasteiger partial charge in [-0.2, -0.15) is 0 Å². The molecule has 0 aromatic carbocycles. The summed E-state index contributed by atoms with van der Waals surface area (Å²) in [5.41, 5.74) is 0. The Kier molecular flexibility index (Phi) is 42.9. The monoisotopic (exact) mass is 775 g/mol. The van der Waals surface area contributed by atoms with Gasteiger partial charge in [-0.3, -0.25) is 14.4 Å². The molecule has 0 saturated heterocycles. The molecular weight excluding hydrogens is 685 g/mol. The van der Waals surface area contributed by atoms with E-state index in [1.54, 1.807) is 0 Å². The first-order valence-electron chi connectivity index (χ1n) is 23.8. The lowest BCUT2D eigenvalue weighted by atomic mass is 10.1. The third kappa shape index (κ3) is 42.9. The maximum Gasteiger partial charge on any atom is 0.306 e. The van der Waals surface area contributed by atoms with Crippen LogP contribution in [0, 0.1) is 0 Å². The molecule has 0 fully saturated rings. The van der Waals surface area contributed by atoms with E-state index >= 15 is 0 Å². The SMILES string of the molecule is CCCCCC/C=C\C/C=C\CCCCCCCCCC(=O)OCC(COC(=O)CCCCCCCCCCC)OC(=O)CCCCCCCCCCCC. The van der Waals surface area contributed by atoms with Crippen LogP contribution in [0.2, 0.25) is 0 Å². The Morgan fingerprint density at radius 2 is 0.655 bits per heavy atom. The smallest absolute Gasteiger partial charge is 0.306 e. The number of carbonyl (C=O) groups is 3. The van der Waals surface area contributed by atoms with Gasteiger partial charge >= 0.3 is 17.9 Å². The average Bonchev–Trinajstić information content (AvgIpc) is 3.18. The van der Waals surface area contributed by atoms with Crippen molar-refractivity contribution in [3.63, 3.8) is 0 Å². The Labute approximate surface area is 341 Å². The first-order valence-corrected chi connectivity index (χ1v) is 23.8. The summed E-state index contributed by atoms with van der Waals surface area (Å²) in [6.45, 7) is 6.59. The molecule has 0 aliphatic rings. The molecule has 322 valence electrons. The molecule has 0 aliphatic carbocycles. The van der Waals surface area contributed by atoms with Gasteiger partial charge in [0.1, 0.15) is 13.2 Å². The molecule has 0 rings (SSSR count). The zero-order valence-electron chi connectivity index (χ0n) is 36.7. The minimum atomic E-state index is -0.765. The first-order chi connectivity index (χ1) is 27.0. The van der Waals surface area contributed by atoms with Gasteiger partial charge < -0.3 is 14.2 Å². The van der Waals surface area contributed by atoms with Gasteiger partial charge in [-0.05, 0) is 51.4 Å². The zero-order valence-corrected chi connectivity index (χ0v) is 36.7. The highest BCUT2D eigenvalue weighted by atomic mass is 16.6.